The standard InChI is InChI=1S/C19H23BrN4O2/c1-12(2)16-15(20)17(23-22-16)18(25)21-14-9-5-4-8-13(14)19(26)24-10-6-3-7-11-24/h4-5,8-9,12H,3,6-7,10-11H2,1-2H3,(H,21,25)(H,22,23). The number of para-hydroxylation sites is 1. The molecule has 0 unspecified atom stereocenters. The Morgan fingerprint density at radius 3 is 2.54 bits per heavy atom. The Bertz CT molecular complexity index is 810. The highest BCUT2D eigenvalue weighted by atomic mass is 79.9. The molecular formula is C19H23BrN4O2. The topological polar surface area (TPSA) is 78.1 Å². The van der Waals surface area contributed by atoms with Crippen molar-refractivity contribution < 1.29 is 9.59 Å². The predicted molar refractivity (Wildman–Crippen MR) is 105 cm³/mol. The first-order chi connectivity index (χ1) is 12.5. The number of halogens is 1. The Hall–Kier alpha value is -2.15. The molecule has 1 aromatic heterocycles. The monoisotopic (exact) mass is 418 g/mol. The van der Waals surface area contributed by atoms with E-state index in [4.69, 9.17) is 0 Å². The Balaban J connectivity index is 1.82. The molecule has 26 heavy (non-hydrogen) atoms. The third-order valence-corrected chi connectivity index (χ3v) is 5.38. The van der Waals surface area contributed by atoms with Crippen LogP contribution in [-0.4, -0.2) is 40.0 Å². The van der Waals surface area contributed by atoms with Gasteiger partial charge in [0, 0.05) is 13.1 Å². The summed E-state index contributed by atoms with van der Waals surface area (Å²) in [5.41, 5.74) is 2.18. The molecule has 7 heteroatoms. The Kier molecular flexibility index (Phi) is 5.76. The number of nitrogens with one attached hydrogen (secondary N) is 2. The van der Waals surface area contributed by atoms with Crippen LogP contribution in [0.5, 0.6) is 0 Å². The quantitative estimate of drug-likeness (QED) is 0.781. The molecule has 1 saturated heterocycles. The molecule has 1 fully saturated rings. The van der Waals surface area contributed by atoms with Crippen LogP contribution in [0.2, 0.25) is 0 Å². The molecule has 1 aliphatic rings. The van der Waals surface area contributed by atoms with Crippen molar-refractivity contribution in [3.05, 3.63) is 45.7 Å². The summed E-state index contributed by atoms with van der Waals surface area (Å²) in [6.45, 7) is 5.58. The summed E-state index contributed by atoms with van der Waals surface area (Å²) in [5.74, 6) is -0.171. The Morgan fingerprint density at radius 2 is 1.88 bits per heavy atom. The second-order valence-corrected chi connectivity index (χ2v) is 7.60. The van der Waals surface area contributed by atoms with E-state index in [0.29, 0.717) is 15.7 Å². The number of likely N-dealkylation sites (tertiary alicyclic amines) is 1. The van der Waals surface area contributed by atoms with E-state index < -0.39 is 0 Å². The number of carbonyl (C=O) groups excluding carboxylic acids is 2. The van der Waals surface area contributed by atoms with Crippen molar-refractivity contribution >= 4 is 33.4 Å². The number of rotatable bonds is 4. The summed E-state index contributed by atoms with van der Waals surface area (Å²) in [7, 11) is 0. The van der Waals surface area contributed by atoms with Crippen molar-refractivity contribution in [1.29, 1.82) is 0 Å². The maximum Gasteiger partial charge on any atom is 0.277 e. The van der Waals surface area contributed by atoms with Crippen LogP contribution in [-0.2, 0) is 0 Å². The molecule has 0 spiro atoms. The number of anilines is 1. The fourth-order valence-corrected chi connectivity index (χ4v) is 3.92. The van der Waals surface area contributed by atoms with Gasteiger partial charge in [-0.1, -0.05) is 26.0 Å². The number of benzene rings is 1. The van der Waals surface area contributed by atoms with Gasteiger partial charge in [-0.15, -0.1) is 0 Å². The average Bonchev–Trinajstić information content (AvgIpc) is 3.04. The lowest BCUT2D eigenvalue weighted by Gasteiger charge is -2.27. The molecule has 0 atom stereocenters. The first kappa shape index (κ1) is 18.6. The highest BCUT2D eigenvalue weighted by Crippen LogP contribution is 2.27. The van der Waals surface area contributed by atoms with Crippen molar-refractivity contribution in [1.82, 2.24) is 15.1 Å². The lowest BCUT2D eigenvalue weighted by atomic mass is 10.1. The minimum absolute atomic E-state index is 0.0374. The molecule has 0 radical (unpaired) electrons. The summed E-state index contributed by atoms with van der Waals surface area (Å²) in [6.07, 6.45) is 3.21. The maximum absolute atomic E-state index is 12.8. The molecule has 1 aromatic carbocycles. The van der Waals surface area contributed by atoms with Crippen LogP contribution < -0.4 is 5.32 Å². The maximum atomic E-state index is 12.8. The van der Waals surface area contributed by atoms with Gasteiger partial charge in [-0.25, -0.2) is 0 Å². The van der Waals surface area contributed by atoms with E-state index in [1.165, 1.54) is 0 Å². The zero-order chi connectivity index (χ0) is 18.7. The van der Waals surface area contributed by atoms with E-state index in [-0.39, 0.29) is 23.4 Å². The molecular weight excluding hydrogens is 396 g/mol. The van der Waals surface area contributed by atoms with E-state index >= 15 is 0 Å². The minimum atomic E-state index is -0.348. The normalized spacial score (nSPS) is 14.5. The van der Waals surface area contributed by atoms with Crippen molar-refractivity contribution in [3.8, 4) is 0 Å². The van der Waals surface area contributed by atoms with Crippen LogP contribution in [0, 0.1) is 0 Å². The van der Waals surface area contributed by atoms with Crippen molar-refractivity contribution in [2.45, 2.75) is 39.0 Å². The first-order valence-corrected chi connectivity index (χ1v) is 9.71. The smallest absolute Gasteiger partial charge is 0.277 e. The number of aromatic amines is 1. The van der Waals surface area contributed by atoms with E-state index in [9.17, 15) is 9.59 Å². The van der Waals surface area contributed by atoms with Gasteiger partial charge in [0.2, 0.25) is 0 Å². The van der Waals surface area contributed by atoms with Crippen LogP contribution >= 0.6 is 15.9 Å². The minimum Gasteiger partial charge on any atom is -0.339 e. The number of amides is 2. The lowest BCUT2D eigenvalue weighted by molar-refractivity contribution is 0.0725. The molecule has 6 nitrogen and oxygen atoms in total. The average molecular weight is 419 g/mol. The molecule has 3 rings (SSSR count). The first-order valence-electron chi connectivity index (χ1n) is 8.92. The van der Waals surface area contributed by atoms with Crippen molar-refractivity contribution in [2.75, 3.05) is 18.4 Å². The Labute approximate surface area is 161 Å². The van der Waals surface area contributed by atoms with Crippen molar-refractivity contribution in [2.24, 2.45) is 0 Å². The van der Waals surface area contributed by atoms with Gasteiger partial charge < -0.3 is 10.2 Å². The van der Waals surface area contributed by atoms with Gasteiger partial charge in [0.1, 0.15) is 0 Å². The summed E-state index contributed by atoms with van der Waals surface area (Å²) < 4.78 is 0.657. The van der Waals surface area contributed by atoms with Gasteiger partial charge >= 0.3 is 0 Å². The van der Waals surface area contributed by atoms with Crippen LogP contribution in [0.1, 0.15) is 65.6 Å². The summed E-state index contributed by atoms with van der Waals surface area (Å²) in [6, 6.07) is 7.13. The highest BCUT2D eigenvalue weighted by molar-refractivity contribution is 9.10. The number of H-pyrrole nitrogens is 1. The fraction of sp³-hybridized carbons (Fsp3) is 0.421. The lowest BCUT2D eigenvalue weighted by Crippen LogP contribution is -2.36. The van der Waals surface area contributed by atoms with Crippen LogP contribution in [0.25, 0.3) is 0 Å². The van der Waals surface area contributed by atoms with Crippen molar-refractivity contribution in [3.63, 3.8) is 0 Å². The number of hydrogen-bond donors (Lipinski definition) is 2. The van der Waals surface area contributed by atoms with Gasteiger partial charge in [-0.2, -0.15) is 5.10 Å². The van der Waals surface area contributed by atoms with E-state index in [0.717, 1.165) is 38.0 Å². The number of hydrogen-bond acceptors (Lipinski definition) is 3. The van der Waals surface area contributed by atoms with E-state index in [1.807, 2.05) is 30.9 Å². The molecule has 0 saturated carbocycles. The fourth-order valence-electron chi connectivity index (χ4n) is 3.10. The van der Waals surface area contributed by atoms with Crippen LogP contribution in [0.15, 0.2) is 28.7 Å². The molecule has 0 bridgehead atoms. The number of piperidine rings is 1. The summed E-state index contributed by atoms with van der Waals surface area (Å²) in [4.78, 5) is 27.4. The number of aromatic nitrogens is 2. The molecule has 1 aliphatic heterocycles. The van der Waals surface area contributed by atoms with E-state index in [1.54, 1.807) is 12.1 Å². The second kappa shape index (κ2) is 8.03. The largest absolute Gasteiger partial charge is 0.339 e. The van der Waals surface area contributed by atoms with Crippen LogP contribution in [0.3, 0.4) is 0 Å². The third-order valence-electron chi connectivity index (χ3n) is 4.57. The predicted octanol–water partition coefficient (Wildman–Crippen LogP) is 4.17. The van der Waals surface area contributed by atoms with Gasteiger partial charge in [0.25, 0.3) is 11.8 Å². The molecule has 2 aromatic rings. The van der Waals surface area contributed by atoms with Gasteiger partial charge in [-0.3, -0.25) is 14.7 Å². The van der Waals surface area contributed by atoms with Crippen LogP contribution in [0.4, 0.5) is 5.69 Å². The number of nitrogens with zero attached hydrogens (tertiary/aromatic N) is 2. The second-order valence-electron chi connectivity index (χ2n) is 6.81. The third kappa shape index (κ3) is 3.82. The number of carbonyl (C=O) groups is 2. The molecule has 138 valence electrons. The zero-order valence-electron chi connectivity index (χ0n) is 15.0. The molecule has 2 amide bonds. The molecule has 2 N–H and O–H groups in total. The highest BCUT2D eigenvalue weighted by Gasteiger charge is 2.23. The van der Waals surface area contributed by atoms with Gasteiger partial charge in [0.15, 0.2) is 5.69 Å². The zero-order valence-corrected chi connectivity index (χ0v) is 16.6. The summed E-state index contributed by atoms with van der Waals surface area (Å²) in [5, 5.41) is 9.86. The van der Waals surface area contributed by atoms with Gasteiger partial charge in [0.05, 0.1) is 21.4 Å². The van der Waals surface area contributed by atoms with Gasteiger partial charge in [-0.05, 0) is 53.2 Å². The SMILES string of the molecule is CC(C)c1[nH]nc(C(=O)Nc2ccccc2C(=O)N2CCCCC2)c1Br. The summed E-state index contributed by atoms with van der Waals surface area (Å²) >= 11 is 3.45. The Morgan fingerprint density at radius 1 is 1.19 bits per heavy atom. The molecule has 2 heterocycles. The van der Waals surface area contributed by atoms with E-state index in [2.05, 4.69) is 31.4 Å². The molecule has 0 aliphatic carbocycles.